The number of amides is 1. The van der Waals surface area contributed by atoms with E-state index in [0.29, 0.717) is 17.5 Å². The number of carbonyl (C=O) groups is 1. The number of thioether (sulfide) groups is 1. The van der Waals surface area contributed by atoms with E-state index in [0.717, 1.165) is 23.4 Å². The fourth-order valence-corrected chi connectivity index (χ4v) is 3.56. The van der Waals surface area contributed by atoms with Gasteiger partial charge in [0.1, 0.15) is 17.4 Å². The SMILES string of the molecule is CCn1c(S[C@@H](C)C(=O)Nc2ccc(F)cc2F)nnc1-c1ccc(OC)cc1. The average molecular weight is 418 g/mol. The van der Waals surface area contributed by atoms with Crippen LogP contribution in [0.3, 0.4) is 0 Å². The van der Waals surface area contributed by atoms with Gasteiger partial charge in [0, 0.05) is 18.2 Å². The number of ether oxygens (including phenoxy) is 1. The molecule has 1 aromatic heterocycles. The number of hydrogen-bond donors (Lipinski definition) is 1. The molecule has 29 heavy (non-hydrogen) atoms. The molecule has 0 aliphatic rings. The number of anilines is 1. The predicted octanol–water partition coefficient (Wildman–Crippen LogP) is 4.37. The van der Waals surface area contributed by atoms with Crippen LogP contribution in [0.5, 0.6) is 5.75 Å². The van der Waals surface area contributed by atoms with Crippen molar-refractivity contribution in [3.8, 4) is 17.1 Å². The number of nitrogens with one attached hydrogen (secondary N) is 1. The van der Waals surface area contributed by atoms with E-state index in [9.17, 15) is 13.6 Å². The molecule has 6 nitrogen and oxygen atoms in total. The average Bonchev–Trinajstić information content (AvgIpc) is 3.12. The summed E-state index contributed by atoms with van der Waals surface area (Å²) in [5, 5.41) is 10.9. The minimum atomic E-state index is -0.825. The van der Waals surface area contributed by atoms with E-state index in [1.165, 1.54) is 17.8 Å². The van der Waals surface area contributed by atoms with Crippen LogP contribution in [-0.2, 0) is 11.3 Å². The van der Waals surface area contributed by atoms with Gasteiger partial charge in [-0.1, -0.05) is 11.8 Å². The van der Waals surface area contributed by atoms with Gasteiger partial charge in [0.15, 0.2) is 11.0 Å². The Balaban J connectivity index is 1.75. The molecular formula is C20H20F2N4O2S. The van der Waals surface area contributed by atoms with Gasteiger partial charge in [-0.15, -0.1) is 10.2 Å². The quantitative estimate of drug-likeness (QED) is 0.577. The number of rotatable bonds is 7. The van der Waals surface area contributed by atoms with E-state index in [1.54, 1.807) is 14.0 Å². The second kappa shape index (κ2) is 9.04. The summed E-state index contributed by atoms with van der Waals surface area (Å²) >= 11 is 1.21. The maximum absolute atomic E-state index is 13.8. The van der Waals surface area contributed by atoms with Gasteiger partial charge in [0.25, 0.3) is 0 Å². The molecule has 3 rings (SSSR count). The van der Waals surface area contributed by atoms with E-state index >= 15 is 0 Å². The minimum Gasteiger partial charge on any atom is -0.497 e. The van der Waals surface area contributed by atoms with Gasteiger partial charge in [-0.2, -0.15) is 0 Å². The lowest BCUT2D eigenvalue weighted by atomic mass is 10.2. The molecule has 1 heterocycles. The fraction of sp³-hybridized carbons (Fsp3) is 0.250. The summed E-state index contributed by atoms with van der Waals surface area (Å²) in [5.41, 5.74) is 0.803. The molecule has 0 unspecified atom stereocenters. The van der Waals surface area contributed by atoms with Crippen LogP contribution < -0.4 is 10.1 Å². The Labute approximate surface area is 171 Å². The number of nitrogens with zero attached hydrogens (tertiary/aromatic N) is 3. The molecule has 1 N–H and O–H groups in total. The Hall–Kier alpha value is -2.94. The van der Waals surface area contributed by atoms with Gasteiger partial charge in [-0.3, -0.25) is 4.79 Å². The van der Waals surface area contributed by atoms with Gasteiger partial charge in [0.05, 0.1) is 18.0 Å². The van der Waals surface area contributed by atoms with Crippen molar-refractivity contribution < 1.29 is 18.3 Å². The fourth-order valence-electron chi connectivity index (χ4n) is 2.65. The smallest absolute Gasteiger partial charge is 0.237 e. The van der Waals surface area contributed by atoms with E-state index < -0.39 is 22.8 Å². The van der Waals surface area contributed by atoms with Gasteiger partial charge >= 0.3 is 0 Å². The van der Waals surface area contributed by atoms with E-state index in [1.807, 2.05) is 35.8 Å². The maximum atomic E-state index is 13.8. The van der Waals surface area contributed by atoms with Gasteiger partial charge < -0.3 is 14.6 Å². The number of aromatic nitrogens is 3. The van der Waals surface area contributed by atoms with E-state index in [4.69, 9.17) is 4.74 Å². The lowest BCUT2D eigenvalue weighted by molar-refractivity contribution is -0.115. The molecule has 0 aliphatic carbocycles. The van der Waals surface area contributed by atoms with Crippen LogP contribution in [0.2, 0.25) is 0 Å². The first kappa shape index (κ1) is 20.8. The second-order valence-corrected chi connectivity index (χ2v) is 7.46. The number of methoxy groups -OCH3 is 1. The highest BCUT2D eigenvalue weighted by molar-refractivity contribution is 8.00. The normalized spacial score (nSPS) is 11.9. The summed E-state index contributed by atoms with van der Waals surface area (Å²) in [6.07, 6.45) is 0. The van der Waals surface area contributed by atoms with Gasteiger partial charge in [-0.25, -0.2) is 8.78 Å². The van der Waals surface area contributed by atoms with Crippen molar-refractivity contribution in [2.24, 2.45) is 0 Å². The van der Waals surface area contributed by atoms with E-state index in [2.05, 4.69) is 15.5 Å². The van der Waals surface area contributed by atoms with Crippen LogP contribution in [0.25, 0.3) is 11.4 Å². The first-order valence-corrected chi connectivity index (χ1v) is 9.81. The summed E-state index contributed by atoms with van der Waals surface area (Å²) in [6, 6.07) is 10.5. The lowest BCUT2D eigenvalue weighted by Gasteiger charge is -2.13. The summed E-state index contributed by atoms with van der Waals surface area (Å²) in [5.74, 6) is -0.532. The summed E-state index contributed by atoms with van der Waals surface area (Å²) in [6.45, 7) is 4.25. The molecule has 0 aliphatic heterocycles. The molecule has 1 amide bonds. The molecule has 0 fully saturated rings. The number of halogens is 2. The Bertz CT molecular complexity index is 1010. The third kappa shape index (κ3) is 4.73. The first-order valence-electron chi connectivity index (χ1n) is 8.93. The van der Waals surface area contributed by atoms with Crippen molar-refractivity contribution >= 4 is 23.4 Å². The van der Waals surface area contributed by atoms with Crippen LogP contribution >= 0.6 is 11.8 Å². The zero-order valence-corrected chi connectivity index (χ0v) is 17.0. The number of hydrogen-bond acceptors (Lipinski definition) is 5. The first-order chi connectivity index (χ1) is 13.9. The van der Waals surface area contributed by atoms with Crippen LogP contribution in [0.15, 0.2) is 47.6 Å². The summed E-state index contributed by atoms with van der Waals surface area (Å²) in [7, 11) is 1.60. The molecule has 2 aromatic carbocycles. The Kier molecular flexibility index (Phi) is 6.48. The maximum Gasteiger partial charge on any atom is 0.237 e. The van der Waals surface area contributed by atoms with Crippen molar-refractivity contribution in [2.45, 2.75) is 30.8 Å². The van der Waals surface area contributed by atoms with Crippen molar-refractivity contribution in [1.29, 1.82) is 0 Å². The molecule has 0 saturated carbocycles. The van der Waals surface area contributed by atoms with Crippen LogP contribution in [0, 0.1) is 11.6 Å². The minimum absolute atomic E-state index is 0.0697. The molecule has 1 atom stereocenters. The highest BCUT2D eigenvalue weighted by Crippen LogP contribution is 2.28. The Morgan fingerprint density at radius 3 is 2.55 bits per heavy atom. The molecule has 0 bridgehead atoms. The standard InChI is InChI=1S/C20H20F2N4O2S/c1-4-26-18(13-5-8-15(28-3)9-6-13)24-25-20(26)29-12(2)19(27)23-17-10-7-14(21)11-16(17)22/h5-12H,4H2,1-3H3,(H,23,27)/t12-/m0/s1. The van der Waals surface area contributed by atoms with Crippen LogP contribution in [-0.4, -0.2) is 33.0 Å². The number of benzene rings is 2. The molecule has 0 saturated heterocycles. The zero-order chi connectivity index (χ0) is 21.0. The Morgan fingerprint density at radius 1 is 1.21 bits per heavy atom. The lowest BCUT2D eigenvalue weighted by Crippen LogP contribution is -2.23. The van der Waals surface area contributed by atoms with Crippen molar-refractivity contribution in [2.75, 3.05) is 12.4 Å². The highest BCUT2D eigenvalue weighted by atomic mass is 32.2. The molecule has 152 valence electrons. The summed E-state index contributed by atoms with van der Waals surface area (Å²) in [4.78, 5) is 12.4. The highest BCUT2D eigenvalue weighted by Gasteiger charge is 2.21. The number of carbonyl (C=O) groups excluding carboxylic acids is 1. The largest absolute Gasteiger partial charge is 0.497 e. The van der Waals surface area contributed by atoms with Gasteiger partial charge in [0.2, 0.25) is 5.91 Å². The molecule has 0 radical (unpaired) electrons. The monoisotopic (exact) mass is 418 g/mol. The third-order valence-corrected chi connectivity index (χ3v) is 5.30. The Morgan fingerprint density at radius 2 is 1.93 bits per heavy atom. The van der Waals surface area contributed by atoms with E-state index in [-0.39, 0.29) is 5.69 Å². The molecule has 3 aromatic rings. The van der Waals surface area contributed by atoms with Crippen molar-refractivity contribution in [3.63, 3.8) is 0 Å². The molecule has 9 heteroatoms. The van der Waals surface area contributed by atoms with Crippen LogP contribution in [0.1, 0.15) is 13.8 Å². The molecule has 0 spiro atoms. The van der Waals surface area contributed by atoms with Crippen molar-refractivity contribution in [1.82, 2.24) is 14.8 Å². The van der Waals surface area contributed by atoms with Crippen LogP contribution in [0.4, 0.5) is 14.5 Å². The topological polar surface area (TPSA) is 69.0 Å². The predicted molar refractivity (Wildman–Crippen MR) is 108 cm³/mol. The van der Waals surface area contributed by atoms with Gasteiger partial charge in [-0.05, 0) is 50.2 Å². The second-order valence-electron chi connectivity index (χ2n) is 6.15. The van der Waals surface area contributed by atoms with Crippen molar-refractivity contribution in [3.05, 3.63) is 54.1 Å². The zero-order valence-electron chi connectivity index (χ0n) is 16.1. The molecular weight excluding hydrogens is 398 g/mol. The third-order valence-electron chi connectivity index (χ3n) is 4.22. The summed E-state index contributed by atoms with van der Waals surface area (Å²) < 4.78 is 33.9.